The van der Waals surface area contributed by atoms with Crippen LogP contribution in [0.5, 0.6) is 5.75 Å². The number of nitrogens with zero attached hydrogens (tertiary/aromatic N) is 2. The number of hydrogen-bond acceptors (Lipinski definition) is 6. The smallest absolute Gasteiger partial charge is 0.293 e. The standard InChI is InChI=1S/C17H18N2O5S/c1-24-17-5-3-4-12-11-18(9-8-14(12)17)15-7-6-13(25(2,22)23)10-16(15)19(20)21/h3-7,10H,8-9,11H2,1-2H3. The SMILES string of the molecule is COc1cccc2c1CCN(c1ccc(S(C)(=O)=O)cc1[N+](=O)[O-])C2. The molecule has 0 N–H and O–H groups in total. The Morgan fingerprint density at radius 1 is 1.24 bits per heavy atom. The normalized spacial score (nSPS) is 14.1. The van der Waals surface area contributed by atoms with Gasteiger partial charge in [0.05, 0.1) is 16.9 Å². The molecule has 7 nitrogen and oxygen atoms in total. The minimum atomic E-state index is -3.50. The first kappa shape index (κ1) is 17.2. The highest BCUT2D eigenvalue weighted by atomic mass is 32.2. The van der Waals surface area contributed by atoms with Gasteiger partial charge in [0, 0.05) is 31.0 Å². The lowest BCUT2D eigenvalue weighted by Crippen LogP contribution is -2.31. The van der Waals surface area contributed by atoms with Gasteiger partial charge in [-0.2, -0.15) is 0 Å². The summed E-state index contributed by atoms with van der Waals surface area (Å²) in [4.78, 5) is 12.8. The van der Waals surface area contributed by atoms with Gasteiger partial charge in [0.15, 0.2) is 9.84 Å². The van der Waals surface area contributed by atoms with Crippen LogP contribution in [0, 0.1) is 10.1 Å². The average Bonchev–Trinajstić information content (AvgIpc) is 2.59. The maximum atomic E-state index is 11.7. The van der Waals surface area contributed by atoms with Crippen molar-refractivity contribution in [2.24, 2.45) is 0 Å². The van der Waals surface area contributed by atoms with Gasteiger partial charge in [-0.1, -0.05) is 12.1 Å². The molecule has 0 amide bonds. The number of nitro groups is 1. The summed E-state index contributed by atoms with van der Waals surface area (Å²) in [5.74, 6) is 0.819. The summed E-state index contributed by atoms with van der Waals surface area (Å²) in [6.07, 6.45) is 1.74. The summed E-state index contributed by atoms with van der Waals surface area (Å²) in [6.45, 7) is 1.10. The summed E-state index contributed by atoms with van der Waals surface area (Å²) in [5.41, 5.74) is 2.38. The number of nitro benzene ring substituents is 1. The highest BCUT2D eigenvalue weighted by molar-refractivity contribution is 7.90. The third kappa shape index (κ3) is 3.30. The van der Waals surface area contributed by atoms with Crippen LogP contribution in [-0.2, 0) is 22.8 Å². The quantitative estimate of drug-likeness (QED) is 0.613. The van der Waals surface area contributed by atoms with Crippen LogP contribution in [0.2, 0.25) is 0 Å². The molecule has 2 aromatic carbocycles. The second kappa shape index (κ2) is 6.36. The molecule has 3 rings (SSSR count). The predicted molar refractivity (Wildman–Crippen MR) is 94.0 cm³/mol. The third-order valence-corrected chi connectivity index (χ3v) is 5.47. The number of hydrogen-bond donors (Lipinski definition) is 0. The molecule has 0 atom stereocenters. The lowest BCUT2D eigenvalue weighted by Gasteiger charge is -2.31. The number of anilines is 1. The first-order valence-electron chi connectivity index (χ1n) is 7.69. The molecule has 132 valence electrons. The predicted octanol–water partition coefficient (Wildman–Crippen LogP) is 2.57. The topological polar surface area (TPSA) is 89.8 Å². The molecule has 0 fully saturated rings. The zero-order valence-corrected chi connectivity index (χ0v) is 14.7. The van der Waals surface area contributed by atoms with Gasteiger partial charge in [-0.25, -0.2) is 8.42 Å². The number of sulfone groups is 1. The van der Waals surface area contributed by atoms with E-state index in [1.165, 1.54) is 12.1 Å². The molecule has 0 radical (unpaired) electrons. The van der Waals surface area contributed by atoms with Crippen molar-refractivity contribution in [3.8, 4) is 5.75 Å². The summed E-state index contributed by atoms with van der Waals surface area (Å²) in [6, 6.07) is 9.82. The largest absolute Gasteiger partial charge is 0.496 e. The third-order valence-electron chi connectivity index (χ3n) is 4.36. The Morgan fingerprint density at radius 2 is 2.00 bits per heavy atom. The van der Waals surface area contributed by atoms with Crippen molar-refractivity contribution in [1.29, 1.82) is 0 Å². The van der Waals surface area contributed by atoms with E-state index in [-0.39, 0.29) is 10.6 Å². The highest BCUT2D eigenvalue weighted by Gasteiger charge is 2.26. The van der Waals surface area contributed by atoms with Crippen molar-refractivity contribution >= 4 is 21.2 Å². The van der Waals surface area contributed by atoms with Crippen LogP contribution in [0.3, 0.4) is 0 Å². The Morgan fingerprint density at radius 3 is 2.64 bits per heavy atom. The van der Waals surface area contributed by atoms with Crippen LogP contribution >= 0.6 is 0 Å². The van der Waals surface area contributed by atoms with Crippen LogP contribution in [-0.4, -0.2) is 33.3 Å². The second-order valence-electron chi connectivity index (χ2n) is 5.95. The molecule has 0 saturated carbocycles. The summed E-state index contributed by atoms with van der Waals surface area (Å²) in [5, 5.41) is 11.5. The van der Waals surface area contributed by atoms with E-state index in [0.717, 1.165) is 29.2 Å². The average molecular weight is 362 g/mol. The second-order valence-corrected chi connectivity index (χ2v) is 7.97. The maximum absolute atomic E-state index is 11.7. The minimum Gasteiger partial charge on any atom is -0.496 e. The van der Waals surface area contributed by atoms with E-state index in [1.807, 2.05) is 23.1 Å². The fourth-order valence-corrected chi connectivity index (χ4v) is 3.76. The first-order chi connectivity index (χ1) is 11.8. The van der Waals surface area contributed by atoms with Gasteiger partial charge in [-0.05, 0) is 30.2 Å². The number of ether oxygens (including phenoxy) is 1. The number of methoxy groups -OCH3 is 1. The Balaban J connectivity index is 2.01. The van der Waals surface area contributed by atoms with Gasteiger partial charge in [0.1, 0.15) is 11.4 Å². The molecule has 25 heavy (non-hydrogen) atoms. The van der Waals surface area contributed by atoms with E-state index >= 15 is 0 Å². The molecule has 1 aliphatic heterocycles. The van der Waals surface area contributed by atoms with Gasteiger partial charge < -0.3 is 9.64 Å². The van der Waals surface area contributed by atoms with Gasteiger partial charge in [0.25, 0.3) is 5.69 Å². The monoisotopic (exact) mass is 362 g/mol. The number of fused-ring (bicyclic) bond motifs is 1. The lowest BCUT2D eigenvalue weighted by molar-refractivity contribution is -0.384. The van der Waals surface area contributed by atoms with E-state index in [2.05, 4.69) is 0 Å². The van der Waals surface area contributed by atoms with E-state index in [0.29, 0.717) is 25.2 Å². The Kier molecular flexibility index (Phi) is 4.38. The van der Waals surface area contributed by atoms with Gasteiger partial charge in [-0.3, -0.25) is 10.1 Å². The molecule has 0 saturated heterocycles. The molecule has 1 aliphatic rings. The van der Waals surface area contributed by atoms with Gasteiger partial charge in [0.2, 0.25) is 0 Å². The summed E-state index contributed by atoms with van der Waals surface area (Å²) < 4.78 is 28.7. The van der Waals surface area contributed by atoms with Crippen molar-refractivity contribution in [3.05, 3.63) is 57.6 Å². The van der Waals surface area contributed by atoms with Crippen molar-refractivity contribution in [3.63, 3.8) is 0 Å². The van der Waals surface area contributed by atoms with Crippen LogP contribution in [0.4, 0.5) is 11.4 Å². The molecular weight excluding hydrogens is 344 g/mol. The van der Waals surface area contributed by atoms with Crippen LogP contribution in [0.25, 0.3) is 0 Å². The zero-order valence-electron chi connectivity index (χ0n) is 13.9. The van der Waals surface area contributed by atoms with Crippen molar-refractivity contribution < 1.29 is 18.1 Å². The lowest BCUT2D eigenvalue weighted by atomic mass is 9.98. The van der Waals surface area contributed by atoms with E-state index < -0.39 is 14.8 Å². The molecule has 2 aromatic rings. The van der Waals surface area contributed by atoms with Crippen LogP contribution in [0.1, 0.15) is 11.1 Å². The highest BCUT2D eigenvalue weighted by Crippen LogP contribution is 2.35. The zero-order chi connectivity index (χ0) is 18.2. The Labute approximate surface area is 145 Å². The molecule has 0 aromatic heterocycles. The fourth-order valence-electron chi connectivity index (χ4n) is 3.12. The van der Waals surface area contributed by atoms with Crippen molar-refractivity contribution in [2.45, 2.75) is 17.9 Å². The van der Waals surface area contributed by atoms with E-state index in [4.69, 9.17) is 4.74 Å². The first-order valence-corrected chi connectivity index (χ1v) is 9.58. The molecule has 0 aliphatic carbocycles. The van der Waals surface area contributed by atoms with E-state index in [1.54, 1.807) is 7.11 Å². The van der Waals surface area contributed by atoms with E-state index in [9.17, 15) is 18.5 Å². The molecule has 0 unspecified atom stereocenters. The Bertz CT molecular complexity index is 940. The van der Waals surface area contributed by atoms with Gasteiger partial charge >= 0.3 is 0 Å². The van der Waals surface area contributed by atoms with Crippen molar-refractivity contribution in [1.82, 2.24) is 0 Å². The van der Waals surface area contributed by atoms with Gasteiger partial charge in [-0.15, -0.1) is 0 Å². The summed E-state index contributed by atoms with van der Waals surface area (Å²) in [7, 11) is -1.88. The van der Waals surface area contributed by atoms with Crippen molar-refractivity contribution in [2.75, 3.05) is 24.8 Å². The number of benzene rings is 2. The van der Waals surface area contributed by atoms with Crippen LogP contribution in [0.15, 0.2) is 41.3 Å². The molecule has 1 heterocycles. The molecule has 0 bridgehead atoms. The molecular formula is C17H18N2O5S. The molecule has 0 spiro atoms. The maximum Gasteiger partial charge on any atom is 0.293 e. The summed E-state index contributed by atoms with van der Waals surface area (Å²) >= 11 is 0. The van der Waals surface area contributed by atoms with Crippen LogP contribution < -0.4 is 9.64 Å². The fraction of sp³-hybridized carbons (Fsp3) is 0.294. The molecule has 8 heteroatoms. The number of rotatable bonds is 4. The minimum absolute atomic E-state index is 0.0537. The Hall–Kier alpha value is -2.61.